The number of aromatic nitrogens is 2. The lowest BCUT2D eigenvalue weighted by atomic mass is 10.1. The normalized spacial score (nSPS) is 13.3. The van der Waals surface area contributed by atoms with Gasteiger partial charge in [-0.25, -0.2) is 4.98 Å². The molecule has 2 aromatic carbocycles. The molecular weight excluding hydrogens is 322 g/mol. The van der Waals surface area contributed by atoms with E-state index >= 15 is 0 Å². The van der Waals surface area contributed by atoms with E-state index in [-0.39, 0.29) is 5.91 Å². The summed E-state index contributed by atoms with van der Waals surface area (Å²) in [6.45, 7) is 5.03. The van der Waals surface area contributed by atoms with Crippen molar-refractivity contribution in [3.05, 3.63) is 71.0 Å². The lowest BCUT2D eigenvalue weighted by Crippen LogP contribution is -2.13. The maximum Gasteiger partial charge on any atom is 0.255 e. The molecule has 0 aliphatic carbocycles. The maximum absolute atomic E-state index is 12.5. The van der Waals surface area contributed by atoms with Gasteiger partial charge < -0.3 is 9.88 Å². The molecule has 4 rings (SSSR count). The molecule has 0 unspecified atom stereocenters. The number of nitrogens with one attached hydrogen (secondary N) is 1. The minimum Gasteiger partial charge on any atom is -0.328 e. The van der Waals surface area contributed by atoms with Crippen LogP contribution >= 0.6 is 0 Å². The van der Waals surface area contributed by atoms with E-state index in [1.807, 2.05) is 62.5 Å². The number of aryl methyl sites for hydroxylation is 3. The highest BCUT2D eigenvalue weighted by molar-refractivity contribution is 6.05. The molecule has 0 spiro atoms. The Morgan fingerprint density at radius 2 is 1.88 bits per heavy atom. The highest BCUT2D eigenvalue weighted by atomic mass is 16.1. The van der Waals surface area contributed by atoms with Crippen LogP contribution in [0, 0.1) is 13.8 Å². The highest BCUT2D eigenvalue weighted by Gasteiger charge is 2.15. The van der Waals surface area contributed by atoms with E-state index in [1.165, 1.54) is 18.5 Å². The molecule has 1 aliphatic heterocycles. The molecule has 0 fully saturated rings. The van der Waals surface area contributed by atoms with Crippen LogP contribution in [0.5, 0.6) is 0 Å². The van der Waals surface area contributed by atoms with Crippen LogP contribution in [0.25, 0.3) is 11.4 Å². The quantitative estimate of drug-likeness (QED) is 0.744. The molecular formula is C22H23N3O. The van der Waals surface area contributed by atoms with Crippen molar-refractivity contribution in [1.82, 2.24) is 9.55 Å². The van der Waals surface area contributed by atoms with Crippen LogP contribution in [0.2, 0.25) is 0 Å². The molecule has 2 heterocycles. The monoisotopic (exact) mass is 345 g/mol. The van der Waals surface area contributed by atoms with Crippen LogP contribution in [0.1, 0.15) is 40.0 Å². The molecule has 4 nitrogen and oxygen atoms in total. The van der Waals surface area contributed by atoms with Crippen molar-refractivity contribution >= 4 is 11.6 Å². The summed E-state index contributed by atoms with van der Waals surface area (Å²) in [5.74, 6) is 0.945. The molecule has 0 bridgehead atoms. The van der Waals surface area contributed by atoms with Gasteiger partial charge in [-0.05, 0) is 69.0 Å². The summed E-state index contributed by atoms with van der Waals surface area (Å²) < 4.78 is 2.31. The maximum atomic E-state index is 12.5. The third-order valence-electron chi connectivity index (χ3n) is 5.03. The Morgan fingerprint density at radius 3 is 2.65 bits per heavy atom. The molecule has 0 radical (unpaired) electrons. The van der Waals surface area contributed by atoms with Crippen molar-refractivity contribution < 1.29 is 4.79 Å². The summed E-state index contributed by atoms with van der Waals surface area (Å²) in [6, 6.07) is 13.8. The number of anilines is 1. The number of nitrogens with zero attached hydrogens (tertiary/aromatic N) is 2. The molecule has 4 heteroatoms. The Morgan fingerprint density at radius 1 is 1.08 bits per heavy atom. The molecule has 1 N–H and O–H groups in total. The van der Waals surface area contributed by atoms with Crippen molar-refractivity contribution in [3.63, 3.8) is 0 Å². The lowest BCUT2D eigenvalue weighted by molar-refractivity contribution is 0.102. The van der Waals surface area contributed by atoms with Crippen molar-refractivity contribution in [2.24, 2.45) is 0 Å². The van der Waals surface area contributed by atoms with Gasteiger partial charge in [-0.3, -0.25) is 4.79 Å². The van der Waals surface area contributed by atoms with Gasteiger partial charge in [-0.15, -0.1) is 0 Å². The first-order valence-corrected chi connectivity index (χ1v) is 9.15. The topological polar surface area (TPSA) is 46.9 Å². The summed E-state index contributed by atoms with van der Waals surface area (Å²) in [5, 5.41) is 2.99. The SMILES string of the molecule is Cc1ccc(C(=O)Nc2ccc(-c3ncc4n3CCCC4)cc2)c(C)c1. The zero-order chi connectivity index (χ0) is 18.1. The van der Waals surface area contributed by atoms with E-state index in [0.29, 0.717) is 5.56 Å². The van der Waals surface area contributed by atoms with Crippen molar-refractivity contribution in [2.45, 2.75) is 39.7 Å². The second-order valence-corrected chi connectivity index (χ2v) is 7.03. The molecule has 132 valence electrons. The first kappa shape index (κ1) is 16.6. The summed E-state index contributed by atoms with van der Waals surface area (Å²) in [4.78, 5) is 17.1. The average molecular weight is 345 g/mol. The number of hydrogen-bond donors (Lipinski definition) is 1. The number of amides is 1. The summed E-state index contributed by atoms with van der Waals surface area (Å²) in [7, 11) is 0. The number of carbonyl (C=O) groups excluding carboxylic acids is 1. The van der Waals surface area contributed by atoms with Crippen LogP contribution in [-0.4, -0.2) is 15.5 Å². The van der Waals surface area contributed by atoms with Crippen LogP contribution in [0.15, 0.2) is 48.7 Å². The molecule has 26 heavy (non-hydrogen) atoms. The molecule has 0 atom stereocenters. The molecule has 1 aliphatic rings. The van der Waals surface area contributed by atoms with Gasteiger partial charge in [-0.2, -0.15) is 0 Å². The van der Waals surface area contributed by atoms with Crippen LogP contribution < -0.4 is 5.32 Å². The standard InChI is InChI=1S/C22H23N3O/c1-15-6-11-20(16(2)13-15)22(26)24-18-9-7-17(8-10-18)21-23-14-19-5-3-4-12-25(19)21/h6-11,13-14H,3-5,12H2,1-2H3,(H,24,26). The van der Waals surface area contributed by atoms with E-state index in [9.17, 15) is 4.79 Å². The van der Waals surface area contributed by atoms with Gasteiger partial charge in [0.2, 0.25) is 0 Å². The smallest absolute Gasteiger partial charge is 0.255 e. The van der Waals surface area contributed by atoms with E-state index in [4.69, 9.17) is 0 Å². The van der Waals surface area contributed by atoms with E-state index in [1.54, 1.807) is 0 Å². The van der Waals surface area contributed by atoms with Crippen LogP contribution in [-0.2, 0) is 13.0 Å². The summed E-state index contributed by atoms with van der Waals surface area (Å²) in [6.07, 6.45) is 5.55. The third-order valence-corrected chi connectivity index (χ3v) is 5.03. The second-order valence-electron chi connectivity index (χ2n) is 7.03. The fourth-order valence-corrected chi connectivity index (χ4v) is 3.64. The number of rotatable bonds is 3. The zero-order valence-electron chi connectivity index (χ0n) is 15.2. The van der Waals surface area contributed by atoms with Gasteiger partial charge >= 0.3 is 0 Å². The van der Waals surface area contributed by atoms with Gasteiger partial charge in [0.15, 0.2) is 0 Å². The molecule has 0 saturated heterocycles. The molecule has 0 saturated carbocycles. The number of hydrogen-bond acceptors (Lipinski definition) is 2. The molecule has 1 aromatic heterocycles. The van der Waals surface area contributed by atoms with Gasteiger partial charge in [0.25, 0.3) is 5.91 Å². The first-order chi connectivity index (χ1) is 12.6. The largest absolute Gasteiger partial charge is 0.328 e. The Hall–Kier alpha value is -2.88. The predicted octanol–water partition coefficient (Wildman–Crippen LogP) is 4.76. The fraction of sp³-hybridized carbons (Fsp3) is 0.273. The number of benzene rings is 2. The van der Waals surface area contributed by atoms with Gasteiger partial charge in [-0.1, -0.05) is 17.7 Å². The lowest BCUT2D eigenvalue weighted by Gasteiger charge is -2.16. The highest BCUT2D eigenvalue weighted by Crippen LogP contribution is 2.25. The van der Waals surface area contributed by atoms with E-state index in [0.717, 1.165) is 41.2 Å². The fourth-order valence-electron chi connectivity index (χ4n) is 3.64. The Kier molecular flexibility index (Phi) is 4.33. The van der Waals surface area contributed by atoms with Gasteiger partial charge in [0.05, 0.1) is 0 Å². The Bertz CT molecular complexity index is 954. The van der Waals surface area contributed by atoms with E-state index in [2.05, 4.69) is 14.9 Å². The number of carbonyl (C=O) groups is 1. The van der Waals surface area contributed by atoms with E-state index < -0.39 is 0 Å². The summed E-state index contributed by atoms with van der Waals surface area (Å²) in [5.41, 5.74) is 6.06. The molecule has 1 amide bonds. The first-order valence-electron chi connectivity index (χ1n) is 9.15. The Balaban J connectivity index is 1.53. The van der Waals surface area contributed by atoms with Gasteiger partial charge in [0, 0.05) is 35.2 Å². The third kappa shape index (κ3) is 3.15. The van der Waals surface area contributed by atoms with Crippen molar-refractivity contribution in [1.29, 1.82) is 0 Å². The minimum absolute atomic E-state index is 0.0755. The number of fused-ring (bicyclic) bond motifs is 1. The number of imidazole rings is 1. The van der Waals surface area contributed by atoms with Crippen molar-refractivity contribution in [2.75, 3.05) is 5.32 Å². The van der Waals surface area contributed by atoms with Gasteiger partial charge in [0.1, 0.15) is 5.82 Å². The van der Waals surface area contributed by atoms with Crippen LogP contribution in [0.4, 0.5) is 5.69 Å². The molecule has 3 aromatic rings. The van der Waals surface area contributed by atoms with Crippen molar-refractivity contribution in [3.8, 4) is 11.4 Å². The summed E-state index contributed by atoms with van der Waals surface area (Å²) >= 11 is 0. The predicted molar refractivity (Wildman–Crippen MR) is 104 cm³/mol. The van der Waals surface area contributed by atoms with Crippen LogP contribution in [0.3, 0.4) is 0 Å². The minimum atomic E-state index is -0.0755. The average Bonchev–Trinajstić information content (AvgIpc) is 3.06. The zero-order valence-corrected chi connectivity index (χ0v) is 15.2. The Labute approximate surface area is 153 Å². The second kappa shape index (κ2) is 6.79.